The van der Waals surface area contributed by atoms with E-state index in [-0.39, 0.29) is 17.6 Å². The SMILES string of the molecule is CCCCCCCCC1=NCC[N+]1(CC(=O)O)C(O)CCC.C[N+](C)(C)CC(=O)O. The van der Waals surface area contributed by atoms with Crippen molar-refractivity contribution in [2.24, 2.45) is 4.99 Å². The first-order valence-corrected chi connectivity index (χ1v) is 11.3. The summed E-state index contributed by atoms with van der Waals surface area (Å²) >= 11 is 0. The number of quaternary nitrogens is 2. The summed E-state index contributed by atoms with van der Waals surface area (Å²) in [6.07, 6.45) is 8.91. The number of aliphatic imine (C=N–C) groups is 1. The lowest BCUT2D eigenvalue weighted by atomic mass is 10.1. The summed E-state index contributed by atoms with van der Waals surface area (Å²) < 4.78 is 0.646. The monoisotopic (exact) mass is 431 g/mol. The average molecular weight is 432 g/mol. The fourth-order valence-electron chi connectivity index (χ4n) is 3.74. The molecule has 8 nitrogen and oxygen atoms in total. The highest BCUT2D eigenvalue weighted by molar-refractivity contribution is 5.80. The van der Waals surface area contributed by atoms with Gasteiger partial charge in [-0.2, -0.15) is 0 Å². The third-order valence-corrected chi connectivity index (χ3v) is 5.21. The van der Waals surface area contributed by atoms with E-state index in [0.717, 1.165) is 31.5 Å². The smallest absolute Gasteiger partial charge is 0.359 e. The number of amidine groups is 1. The Labute approximate surface area is 182 Å². The standard InChI is InChI=1S/C17H32N2O3.C5H11NO2/c1-3-5-6-7-8-9-11-15-18-12-13-19(15,14-17(21)22)16(20)10-4-2;1-6(2,3)4-5(7)8/h16,20H,3-14H2,1-2H3;4H2,1-3H3/p+2. The van der Waals surface area contributed by atoms with Gasteiger partial charge in [-0.25, -0.2) is 19.1 Å². The molecule has 0 radical (unpaired) electrons. The van der Waals surface area contributed by atoms with Crippen LogP contribution >= 0.6 is 0 Å². The molecule has 1 aliphatic rings. The van der Waals surface area contributed by atoms with Crippen LogP contribution in [0.2, 0.25) is 0 Å². The third-order valence-electron chi connectivity index (χ3n) is 5.21. The first-order valence-electron chi connectivity index (χ1n) is 11.3. The highest BCUT2D eigenvalue weighted by Gasteiger charge is 2.45. The van der Waals surface area contributed by atoms with E-state index < -0.39 is 18.2 Å². The van der Waals surface area contributed by atoms with Crippen LogP contribution in [0.5, 0.6) is 0 Å². The molecule has 30 heavy (non-hydrogen) atoms. The summed E-state index contributed by atoms with van der Waals surface area (Å²) in [5.41, 5.74) is 0. The number of aliphatic carboxylic acids is 2. The molecule has 8 heteroatoms. The molecule has 0 amide bonds. The van der Waals surface area contributed by atoms with Crippen LogP contribution in [-0.2, 0) is 9.59 Å². The van der Waals surface area contributed by atoms with E-state index in [4.69, 9.17) is 5.11 Å². The highest BCUT2D eigenvalue weighted by Crippen LogP contribution is 2.25. The lowest BCUT2D eigenvalue weighted by Crippen LogP contribution is -2.60. The number of aliphatic hydroxyl groups excluding tert-OH is 1. The van der Waals surface area contributed by atoms with E-state index in [1.807, 2.05) is 28.1 Å². The van der Waals surface area contributed by atoms with Gasteiger partial charge in [0.25, 0.3) is 0 Å². The van der Waals surface area contributed by atoms with Crippen molar-refractivity contribution in [1.29, 1.82) is 0 Å². The van der Waals surface area contributed by atoms with Crippen molar-refractivity contribution in [1.82, 2.24) is 0 Å². The molecule has 1 rings (SSSR count). The minimum atomic E-state index is -0.854. The summed E-state index contributed by atoms with van der Waals surface area (Å²) in [5.74, 6) is -0.705. The van der Waals surface area contributed by atoms with Crippen LogP contribution in [0.4, 0.5) is 0 Å². The van der Waals surface area contributed by atoms with Gasteiger partial charge in [-0.1, -0.05) is 46.0 Å². The van der Waals surface area contributed by atoms with Crippen LogP contribution < -0.4 is 0 Å². The fourth-order valence-corrected chi connectivity index (χ4v) is 3.74. The van der Waals surface area contributed by atoms with Crippen LogP contribution in [0, 0.1) is 0 Å². The summed E-state index contributed by atoms with van der Waals surface area (Å²) in [6, 6.07) is 0. The first-order chi connectivity index (χ1) is 14.0. The van der Waals surface area contributed by atoms with Crippen molar-refractivity contribution >= 4 is 17.8 Å². The Balaban J connectivity index is 0.000000890. The van der Waals surface area contributed by atoms with E-state index in [0.29, 0.717) is 24.0 Å². The molecule has 0 fully saturated rings. The van der Waals surface area contributed by atoms with Crippen molar-refractivity contribution in [3.63, 3.8) is 0 Å². The molecule has 1 aliphatic heterocycles. The Morgan fingerprint density at radius 1 is 1.00 bits per heavy atom. The van der Waals surface area contributed by atoms with Gasteiger partial charge < -0.3 is 19.8 Å². The molecule has 0 aliphatic carbocycles. The van der Waals surface area contributed by atoms with Crippen LogP contribution in [0.3, 0.4) is 0 Å². The van der Waals surface area contributed by atoms with E-state index in [1.54, 1.807) is 0 Å². The summed E-state index contributed by atoms with van der Waals surface area (Å²) in [5, 5.41) is 28.0. The van der Waals surface area contributed by atoms with Gasteiger partial charge in [-0.3, -0.25) is 0 Å². The Bertz CT molecular complexity index is 545. The molecule has 0 saturated heterocycles. The van der Waals surface area contributed by atoms with Gasteiger partial charge in [0, 0.05) is 12.8 Å². The molecule has 0 saturated carbocycles. The number of carbonyl (C=O) groups is 2. The largest absolute Gasteiger partial charge is 0.477 e. The molecule has 3 N–H and O–H groups in total. The van der Waals surface area contributed by atoms with Gasteiger partial charge in [0.05, 0.1) is 27.7 Å². The number of nitrogens with zero attached hydrogens (tertiary/aromatic N) is 3. The molecular weight excluding hydrogens is 386 g/mol. The Morgan fingerprint density at radius 2 is 1.60 bits per heavy atom. The maximum Gasteiger partial charge on any atom is 0.359 e. The normalized spacial score (nSPS) is 19.6. The second-order valence-corrected chi connectivity index (χ2v) is 9.24. The Morgan fingerprint density at radius 3 is 2.07 bits per heavy atom. The zero-order chi connectivity index (χ0) is 23.2. The van der Waals surface area contributed by atoms with Gasteiger partial charge in [-0.05, 0) is 12.8 Å². The molecule has 2 atom stereocenters. The van der Waals surface area contributed by atoms with Crippen molar-refractivity contribution in [2.75, 3.05) is 47.3 Å². The summed E-state index contributed by atoms with van der Waals surface area (Å²) in [7, 11) is 5.52. The van der Waals surface area contributed by atoms with Crippen LogP contribution in [0.25, 0.3) is 0 Å². The molecule has 0 bridgehead atoms. The van der Waals surface area contributed by atoms with Gasteiger partial charge in [-0.15, -0.1) is 0 Å². The maximum atomic E-state index is 11.3. The number of rotatable bonds is 14. The number of hydrogen-bond acceptors (Lipinski definition) is 4. The van der Waals surface area contributed by atoms with Crippen LogP contribution in [0.1, 0.15) is 71.6 Å². The predicted octanol–water partition coefficient (Wildman–Crippen LogP) is 2.95. The van der Waals surface area contributed by atoms with E-state index in [2.05, 4.69) is 11.9 Å². The quantitative estimate of drug-likeness (QED) is 0.289. The third kappa shape index (κ3) is 11.6. The van der Waals surface area contributed by atoms with Gasteiger partial charge in [0.2, 0.25) is 5.84 Å². The zero-order valence-corrected chi connectivity index (χ0v) is 19.8. The second kappa shape index (κ2) is 14.5. The van der Waals surface area contributed by atoms with Crippen molar-refractivity contribution < 1.29 is 33.9 Å². The zero-order valence-electron chi connectivity index (χ0n) is 19.8. The number of hydrogen-bond donors (Lipinski definition) is 3. The minimum absolute atomic E-state index is 0.0458. The topological polar surface area (TPSA) is 107 Å². The summed E-state index contributed by atoms with van der Waals surface area (Å²) in [6.45, 7) is 5.62. The van der Waals surface area contributed by atoms with Gasteiger partial charge in [0.1, 0.15) is 6.54 Å². The summed E-state index contributed by atoms with van der Waals surface area (Å²) in [4.78, 5) is 25.8. The van der Waals surface area contributed by atoms with Crippen molar-refractivity contribution in [3.05, 3.63) is 0 Å². The molecule has 0 aromatic carbocycles. The lowest BCUT2D eigenvalue weighted by Gasteiger charge is -2.37. The van der Waals surface area contributed by atoms with E-state index >= 15 is 0 Å². The number of aliphatic hydroxyl groups is 1. The maximum absolute atomic E-state index is 11.3. The lowest BCUT2D eigenvalue weighted by molar-refractivity contribution is -0.880. The number of likely N-dealkylation sites (N-methyl/N-ethyl adjacent to an activating group) is 1. The molecule has 1 heterocycles. The van der Waals surface area contributed by atoms with E-state index in [1.165, 1.54) is 25.7 Å². The number of unbranched alkanes of at least 4 members (excludes halogenated alkanes) is 5. The number of carboxylic acid groups (broad SMARTS) is 2. The second-order valence-electron chi connectivity index (χ2n) is 9.24. The minimum Gasteiger partial charge on any atom is -0.477 e. The fraction of sp³-hybridized carbons (Fsp3) is 0.864. The molecule has 2 unspecified atom stereocenters. The molecule has 0 aromatic rings. The van der Waals surface area contributed by atoms with Gasteiger partial charge >= 0.3 is 11.9 Å². The predicted molar refractivity (Wildman–Crippen MR) is 119 cm³/mol. The van der Waals surface area contributed by atoms with Crippen LogP contribution in [-0.4, -0.2) is 95.6 Å². The highest BCUT2D eigenvalue weighted by atomic mass is 16.4. The van der Waals surface area contributed by atoms with E-state index in [9.17, 15) is 19.8 Å². The van der Waals surface area contributed by atoms with Crippen molar-refractivity contribution in [3.8, 4) is 0 Å². The first kappa shape index (κ1) is 28.5. The van der Waals surface area contributed by atoms with Gasteiger partial charge in [0.15, 0.2) is 19.3 Å². The molecule has 176 valence electrons. The number of carboxylic acids is 2. The Kier molecular flexibility index (Phi) is 13.8. The van der Waals surface area contributed by atoms with Crippen LogP contribution in [0.15, 0.2) is 4.99 Å². The molecular formula is C22H45N3O5+2. The molecule has 0 spiro atoms. The average Bonchev–Trinajstić information content (AvgIpc) is 2.99. The Hall–Kier alpha value is -1.51. The molecule has 0 aromatic heterocycles. The van der Waals surface area contributed by atoms with Crippen molar-refractivity contribution in [2.45, 2.75) is 77.9 Å².